The van der Waals surface area contributed by atoms with Gasteiger partial charge in [0.25, 0.3) is 0 Å². The predicted molar refractivity (Wildman–Crippen MR) is 85.9 cm³/mol. The molecule has 1 amide bonds. The topological polar surface area (TPSA) is 75.6 Å². The summed E-state index contributed by atoms with van der Waals surface area (Å²) in [7, 11) is 1.62. The zero-order chi connectivity index (χ0) is 15.8. The molecule has 0 fully saturated rings. The van der Waals surface area contributed by atoms with Crippen LogP contribution in [0.4, 0.5) is 0 Å². The van der Waals surface area contributed by atoms with Gasteiger partial charge in [-0.25, -0.2) is 4.79 Å². The third kappa shape index (κ3) is 6.07. The maximum absolute atomic E-state index is 11.9. The van der Waals surface area contributed by atoms with E-state index in [4.69, 9.17) is 9.84 Å². The van der Waals surface area contributed by atoms with E-state index in [2.05, 4.69) is 21.2 Å². The van der Waals surface area contributed by atoms with Crippen LogP contribution in [0.5, 0.6) is 0 Å². The molecule has 7 heteroatoms. The van der Waals surface area contributed by atoms with Gasteiger partial charge in [-0.1, -0.05) is 0 Å². The van der Waals surface area contributed by atoms with Crippen LogP contribution in [0, 0.1) is 0 Å². The fourth-order valence-corrected chi connectivity index (χ4v) is 2.92. The molecule has 0 aromatic heterocycles. The van der Waals surface area contributed by atoms with Gasteiger partial charge >= 0.3 is 5.97 Å². The van der Waals surface area contributed by atoms with Crippen molar-refractivity contribution in [2.45, 2.75) is 23.5 Å². The first-order valence-electron chi connectivity index (χ1n) is 6.42. The Bertz CT molecular complexity index is 510. The Kier molecular flexibility index (Phi) is 7.77. The molecule has 0 aliphatic heterocycles. The Hall–Kier alpha value is -1.05. The van der Waals surface area contributed by atoms with Gasteiger partial charge in [-0.15, -0.1) is 11.8 Å². The lowest BCUT2D eigenvalue weighted by molar-refractivity contribution is -0.120. The number of benzene rings is 1. The van der Waals surface area contributed by atoms with Crippen LogP contribution < -0.4 is 5.32 Å². The van der Waals surface area contributed by atoms with Gasteiger partial charge in [0, 0.05) is 29.6 Å². The van der Waals surface area contributed by atoms with E-state index in [9.17, 15) is 9.59 Å². The first-order valence-corrected chi connectivity index (χ1v) is 8.09. The average Bonchev–Trinajstić information content (AvgIpc) is 2.45. The maximum Gasteiger partial charge on any atom is 0.336 e. The summed E-state index contributed by atoms with van der Waals surface area (Å²) in [6.07, 6.45) is 0.765. The molecule has 116 valence electrons. The van der Waals surface area contributed by atoms with Gasteiger partial charge in [-0.05, 0) is 47.5 Å². The van der Waals surface area contributed by atoms with Crippen molar-refractivity contribution < 1.29 is 19.4 Å². The molecule has 0 spiro atoms. The Morgan fingerprint density at radius 1 is 1.48 bits per heavy atom. The molecule has 1 aromatic carbocycles. The van der Waals surface area contributed by atoms with Crippen LogP contribution in [0.15, 0.2) is 27.6 Å². The number of hydrogen-bond donors (Lipinski definition) is 2. The molecule has 0 saturated heterocycles. The van der Waals surface area contributed by atoms with E-state index in [0.29, 0.717) is 17.6 Å². The van der Waals surface area contributed by atoms with E-state index in [-0.39, 0.29) is 16.7 Å². The number of carboxylic acid groups (broad SMARTS) is 1. The van der Waals surface area contributed by atoms with E-state index in [0.717, 1.165) is 11.3 Å². The number of carbonyl (C=O) groups excluding carboxylic acids is 1. The molecule has 0 aliphatic carbocycles. The molecule has 1 atom stereocenters. The number of aromatic carboxylic acids is 1. The third-order valence-electron chi connectivity index (χ3n) is 2.67. The maximum atomic E-state index is 11.9. The molecular weight excluding hydrogens is 358 g/mol. The molecule has 0 bridgehead atoms. The first-order chi connectivity index (χ1) is 9.95. The Balaban J connectivity index is 2.58. The van der Waals surface area contributed by atoms with Gasteiger partial charge in [-0.3, -0.25) is 4.79 Å². The summed E-state index contributed by atoms with van der Waals surface area (Å²) >= 11 is 4.52. The van der Waals surface area contributed by atoms with Crippen LogP contribution in [0.3, 0.4) is 0 Å². The molecule has 0 heterocycles. The van der Waals surface area contributed by atoms with E-state index >= 15 is 0 Å². The third-order valence-corrected chi connectivity index (χ3v) is 4.46. The Morgan fingerprint density at radius 2 is 2.19 bits per heavy atom. The fraction of sp³-hybridized carbons (Fsp3) is 0.429. The molecular formula is C14H18BrNO4S. The second-order valence-electron chi connectivity index (χ2n) is 4.34. The lowest BCUT2D eigenvalue weighted by Crippen LogP contribution is -2.32. The summed E-state index contributed by atoms with van der Waals surface area (Å²) in [6.45, 7) is 2.97. The summed E-state index contributed by atoms with van der Waals surface area (Å²) in [4.78, 5) is 23.7. The summed E-state index contributed by atoms with van der Waals surface area (Å²) < 4.78 is 5.43. The molecule has 0 radical (unpaired) electrons. The van der Waals surface area contributed by atoms with Crippen molar-refractivity contribution in [3.05, 3.63) is 28.2 Å². The molecule has 0 aliphatic rings. The molecule has 0 saturated carbocycles. The number of halogens is 1. The molecule has 5 nitrogen and oxygen atoms in total. The van der Waals surface area contributed by atoms with Gasteiger partial charge in [-0.2, -0.15) is 0 Å². The fourth-order valence-electron chi connectivity index (χ4n) is 1.57. The highest BCUT2D eigenvalue weighted by Gasteiger charge is 2.16. The van der Waals surface area contributed by atoms with Crippen molar-refractivity contribution in [1.82, 2.24) is 5.32 Å². The number of amides is 1. The van der Waals surface area contributed by atoms with Crippen molar-refractivity contribution in [1.29, 1.82) is 0 Å². The van der Waals surface area contributed by atoms with Gasteiger partial charge < -0.3 is 15.2 Å². The molecule has 2 N–H and O–H groups in total. The van der Waals surface area contributed by atoms with Crippen LogP contribution in [0.1, 0.15) is 23.7 Å². The summed E-state index contributed by atoms with van der Waals surface area (Å²) in [6, 6.07) is 5.02. The minimum absolute atomic E-state index is 0.0732. The lowest BCUT2D eigenvalue weighted by Gasteiger charge is -2.12. The molecule has 1 rings (SSSR count). The smallest absolute Gasteiger partial charge is 0.336 e. The highest BCUT2D eigenvalue weighted by Crippen LogP contribution is 2.28. The molecule has 1 aromatic rings. The predicted octanol–water partition coefficient (Wildman–Crippen LogP) is 2.78. The zero-order valence-corrected chi connectivity index (χ0v) is 14.3. The Morgan fingerprint density at radius 3 is 2.81 bits per heavy atom. The standard InChI is InChI=1S/C14H18BrNO4S/c1-9(13(17)16-6-3-7-20-2)21-10-4-5-12(15)11(8-10)14(18)19/h4-5,8-9H,3,6-7H2,1-2H3,(H,16,17)(H,18,19). The van der Waals surface area contributed by atoms with E-state index in [1.165, 1.54) is 11.8 Å². The van der Waals surface area contributed by atoms with E-state index < -0.39 is 5.97 Å². The van der Waals surface area contributed by atoms with Crippen LogP contribution in [-0.4, -0.2) is 42.5 Å². The number of carbonyl (C=O) groups is 2. The van der Waals surface area contributed by atoms with Gasteiger partial charge in [0.05, 0.1) is 10.8 Å². The van der Waals surface area contributed by atoms with Gasteiger partial charge in [0.1, 0.15) is 0 Å². The minimum Gasteiger partial charge on any atom is -0.478 e. The number of hydrogen-bond acceptors (Lipinski definition) is 4. The van der Waals surface area contributed by atoms with Crippen LogP contribution >= 0.6 is 27.7 Å². The quantitative estimate of drug-likeness (QED) is 0.539. The number of carboxylic acids is 1. The van der Waals surface area contributed by atoms with E-state index in [1.807, 2.05) is 0 Å². The molecule has 21 heavy (non-hydrogen) atoms. The molecule has 1 unspecified atom stereocenters. The lowest BCUT2D eigenvalue weighted by atomic mass is 10.2. The largest absolute Gasteiger partial charge is 0.478 e. The number of methoxy groups -OCH3 is 1. The monoisotopic (exact) mass is 375 g/mol. The number of nitrogens with one attached hydrogen (secondary N) is 1. The van der Waals surface area contributed by atoms with Crippen molar-refractivity contribution >= 4 is 39.6 Å². The van der Waals surface area contributed by atoms with Crippen molar-refractivity contribution in [2.75, 3.05) is 20.3 Å². The average molecular weight is 376 g/mol. The van der Waals surface area contributed by atoms with Crippen LogP contribution in [-0.2, 0) is 9.53 Å². The summed E-state index contributed by atoms with van der Waals surface area (Å²) in [5.41, 5.74) is 0.188. The second kappa shape index (κ2) is 9.07. The zero-order valence-electron chi connectivity index (χ0n) is 11.9. The first kappa shape index (κ1) is 18.0. The number of thioether (sulfide) groups is 1. The van der Waals surface area contributed by atoms with Crippen molar-refractivity contribution in [3.63, 3.8) is 0 Å². The summed E-state index contributed by atoms with van der Waals surface area (Å²) in [5, 5.41) is 11.6. The second-order valence-corrected chi connectivity index (χ2v) is 6.61. The van der Waals surface area contributed by atoms with Gasteiger partial charge in [0.15, 0.2) is 0 Å². The van der Waals surface area contributed by atoms with Crippen molar-refractivity contribution in [3.8, 4) is 0 Å². The normalized spacial score (nSPS) is 12.0. The number of rotatable bonds is 8. The van der Waals surface area contributed by atoms with E-state index in [1.54, 1.807) is 32.2 Å². The number of ether oxygens (including phenoxy) is 1. The SMILES string of the molecule is COCCCNC(=O)C(C)Sc1ccc(Br)c(C(=O)O)c1. The Labute approximate surface area is 136 Å². The van der Waals surface area contributed by atoms with Crippen LogP contribution in [0.2, 0.25) is 0 Å². The summed E-state index contributed by atoms with van der Waals surface area (Å²) in [5.74, 6) is -1.07. The highest BCUT2D eigenvalue weighted by molar-refractivity contribution is 9.10. The minimum atomic E-state index is -0.999. The van der Waals surface area contributed by atoms with Crippen LogP contribution in [0.25, 0.3) is 0 Å². The van der Waals surface area contributed by atoms with Gasteiger partial charge in [0.2, 0.25) is 5.91 Å². The van der Waals surface area contributed by atoms with Crippen molar-refractivity contribution in [2.24, 2.45) is 0 Å². The highest BCUT2D eigenvalue weighted by atomic mass is 79.9.